The van der Waals surface area contributed by atoms with Crippen LogP contribution in [0.15, 0.2) is 57.2 Å². The highest BCUT2D eigenvalue weighted by atomic mass is 32.2. The quantitative estimate of drug-likeness (QED) is 0.337. The molecule has 0 saturated carbocycles. The van der Waals surface area contributed by atoms with Gasteiger partial charge in [0.25, 0.3) is 5.56 Å². The number of nitrogens with one attached hydrogen (secondary N) is 3. The summed E-state index contributed by atoms with van der Waals surface area (Å²) >= 11 is 1.07. The molecule has 0 spiro atoms. The molecule has 0 unspecified atom stereocenters. The lowest BCUT2D eigenvalue weighted by molar-refractivity contribution is -0.113. The van der Waals surface area contributed by atoms with Gasteiger partial charge < -0.3 is 10.3 Å². The molecule has 0 aliphatic rings. The van der Waals surface area contributed by atoms with Crippen LogP contribution in [-0.2, 0) is 11.2 Å². The van der Waals surface area contributed by atoms with Crippen molar-refractivity contribution < 1.29 is 13.6 Å². The molecule has 180 valence electrons. The van der Waals surface area contributed by atoms with Crippen LogP contribution in [0.4, 0.5) is 14.5 Å². The van der Waals surface area contributed by atoms with Crippen LogP contribution >= 0.6 is 11.8 Å². The van der Waals surface area contributed by atoms with Crippen molar-refractivity contribution in [3.63, 3.8) is 0 Å². The summed E-state index contributed by atoms with van der Waals surface area (Å²) in [6, 6.07) is 9.96. The largest absolute Gasteiger partial charge is 0.325 e. The van der Waals surface area contributed by atoms with E-state index in [2.05, 4.69) is 25.5 Å². The summed E-state index contributed by atoms with van der Waals surface area (Å²) in [5.74, 6) is -1.83. The first-order valence-electron chi connectivity index (χ1n) is 10.4. The highest BCUT2D eigenvalue weighted by Crippen LogP contribution is 2.26. The van der Waals surface area contributed by atoms with Crippen molar-refractivity contribution in [2.45, 2.75) is 25.4 Å². The monoisotopic (exact) mass is 498 g/mol. The predicted octanol–water partition coefficient (Wildman–Crippen LogP) is 2.86. The van der Waals surface area contributed by atoms with Crippen LogP contribution < -0.4 is 16.6 Å². The number of anilines is 1. The molecular weight excluding hydrogens is 478 g/mol. The lowest BCUT2D eigenvalue weighted by Gasteiger charge is -2.14. The third-order valence-corrected chi connectivity index (χ3v) is 5.94. The van der Waals surface area contributed by atoms with Gasteiger partial charge in [0, 0.05) is 24.2 Å². The maximum Gasteiger partial charge on any atom is 0.325 e. The highest BCUT2D eigenvalue weighted by Gasteiger charge is 2.19. The molecule has 2 aromatic carbocycles. The summed E-state index contributed by atoms with van der Waals surface area (Å²) in [7, 11) is 0. The van der Waals surface area contributed by atoms with Crippen molar-refractivity contribution in [3.05, 3.63) is 97.6 Å². The zero-order valence-corrected chi connectivity index (χ0v) is 19.5. The van der Waals surface area contributed by atoms with E-state index in [1.807, 2.05) is 32.0 Å². The molecular formula is C23H20F2N6O3S. The van der Waals surface area contributed by atoms with Gasteiger partial charge in [-0.3, -0.25) is 19.1 Å². The molecule has 1 amide bonds. The number of rotatable bonds is 7. The number of hydrogen-bond donors (Lipinski definition) is 3. The van der Waals surface area contributed by atoms with E-state index >= 15 is 0 Å². The van der Waals surface area contributed by atoms with Crippen LogP contribution in [-0.4, -0.2) is 36.4 Å². The standard InChI is InChI=1S/C23H20F2N6O3S/c1-12-3-4-13(2)18(7-12)31-19(9-15-10-20(32)28-22(34)26-15)29-30-23(31)35-11-21(33)27-17-6-5-14(24)8-16(17)25/h3-8,10H,9,11H2,1-2H3,(H,27,33)(H2,26,28,32,34). The van der Waals surface area contributed by atoms with Crippen LogP contribution in [0.1, 0.15) is 22.6 Å². The van der Waals surface area contributed by atoms with E-state index in [0.717, 1.165) is 40.7 Å². The zero-order valence-electron chi connectivity index (χ0n) is 18.7. The number of nitrogens with zero attached hydrogens (tertiary/aromatic N) is 3. The van der Waals surface area contributed by atoms with Gasteiger partial charge in [0.15, 0.2) is 5.16 Å². The Morgan fingerprint density at radius 2 is 1.86 bits per heavy atom. The number of aromatic amines is 2. The first-order valence-corrected chi connectivity index (χ1v) is 11.4. The van der Waals surface area contributed by atoms with E-state index in [9.17, 15) is 23.2 Å². The molecule has 0 bridgehead atoms. The summed E-state index contributed by atoms with van der Waals surface area (Å²) in [5.41, 5.74) is 1.70. The Labute approximate surface area is 201 Å². The average molecular weight is 499 g/mol. The molecule has 35 heavy (non-hydrogen) atoms. The molecule has 0 radical (unpaired) electrons. The Hall–Kier alpha value is -4.06. The van der Waals surface area contributed by atoms with Crippen molar-refractivity contribution in [3.8, 4) is 5.69 Å². The van der Waals surface area contributed by atoms with E-state index in [-0.39, 0.29) is 17.9 Å². The van der Waals surface area contributed by atoms with E-state index in [0.29, 0.717) is 22.7 Å². The predicted molar refractivity (Wildman–Crippen MR) is 127 cm³/mol. The highest BCUT2D eigenvalue weighted by molar-refractivity contribution is 7.99. The molecule has 0 aliphatic carbocycles. The minimum absolute atomic E-state index is 0.104. The fourth-order valence-electron chi connectivity index (χ4n) is 3.40. The second kappa shape index (κ2) is 10.1. The van der Waals surface area contributed by atoms with Gasteiger partial charge in [0.1, 0.15) is 17.5 Å². The molecule has 0 aliphatic heterocycles. The normalized spacial score (nSPS) is 11.0. The second-order valence-electron chi connectivity index (χ2n) is 7.77. The summed E-state index contributed by atoms with van der Waals surface area (Å²) in [5, 5.41) is 11.2. The molecule has 12 heteroatoms. The van der Waals surface area contributed by atoms with E-state index in [1.165, 1.54) is 6.07 Å². The third kappa shape index (κ3) is 5.72. The lowest BCUT2D eigenvalue weighted by atomic mass is 10.1. The first-order chi connectivity index (χ1) is 16.7. The topological polar surface area (TPSA) is 126 Å². The van der Waals surface area contributed by atoms with E-state index < -0.39 is 28.8 Å². The van der Waals surface area contributed by atoms with Gasteiger partial charge in [0.2, 0.25) is 5.91 Å². The van der Waals surface area contributed by atoms with E-state index in [4.69, 9.17) is 0 Å². The SMILES string of the molecule is Cc1ccc(C)c(-n2c(Cc3cc(=O)[nH]c(=O)[nH]3)nnc2SCC(=O)Nc2ccc(F)cc2F)c1. The van der Waals surface area contributed by atoms with Crippen molar-refractivity contribution in [1.29, 1.82) is 0 Å². The van der Waals surface area contributed by atoms with Crippen molar-refractivity contribution in [1.82, 2.24) is 24.7 Å². The van der Waals surface area contributed by atoms with Gasteiger partial charge in [-0.15, -0.1) is 10.2 Å². The number of halogens is 2. The number of thioether (sulfide) groups is 1. The fourth-order valence-corrected chi connectivity index (χ4v) is 4.17. The Morgan fingerprint density at radius 3 is 2.60 bits per heavy atom. The van der Waals surface area contributed by atoms with Crippen molar-refractivity contribution >= 4 is 23.4 Å². The van der Waals surface area contributed by atoms with E-state index in [1.54, 1.807) is 4.57 Å². The Morgan fingerprint density at radius 1 is 1.06 bits per heavy atom. The van der Waals surface area contributed by atoms with Gasteiger partial charge in [-0.2, -0.15) is 0 Å². The second-order valence-corrected chi connectivity index (χ2v) is 8.72. The van der Waals surface area contributed by atoms with Crippen LogP contribution in [0.3, 0.4) is 0 Å². The molecule has 2 aromatic heterocycles. The lowest BCUT2D eigenvalue weighted by Crippen LogP contribution is -2.23. The number of amides is 1. The number of benzene rings is 2. The van der Waals surface area contributed by atoms with Crippen LogP contribution in [0, 0.1) is 25.5 Å². The van der Waals surface area contributed by atoms with Crippen LogP contribution in [0.5, 0.6) is 0 Å². The summed E-state index contributed by atoms with van der Waals surface area (Å²) in [6.45, 7) is 3.84. The molecule has 9 nitrogen and oxygen atoms in total. The summed E-state index contributed by atoms with van der Waals surface area (Å²) in [6.07, 6.45) is 0.104. The maximum absolute atomic E-state index is 13.9. The smallest absolute Gasteiger partial charge is 0.323 e. The fraction of sp³-hybridized carbons (Fsp3) is 0.174. The number of hydrogen-bond acceptors (Lipinski definition) is 6. The van der Waals surface area contributed by atoms with Crippen LogP contribution in [0.2, 0.25) is 0 Å². The number of carbonyl (C=O) groups excluding carboxylic acids is 1. The molecule has 0 saturated heterocycles. The van der Waals surface area contributed by atoms with Gasteiger partial charge >= 0.3 is 5.69 Å². The molecule has 3 N–H and O–H groups in total. The molecule has 0 fully saturated rings. The third-order valence-electron chi connectivity index (χ3n) is 5.01. The average Bonchev–Trinajstić information content (AvgIpc) is 3.17. The number of aromatic nitrogens is 5. The van der Waals surface area contributed by atoms with Crippen molar-refractivity contribution in [2.24, 2.45) is 0 Å². The van der Waals surface area contributed by atoms with Gasteiger partial charge in [-0.1, -0.05) is 23.9 Å². The Bertz CT molecular complexity index is 1500. The molecule has 4 aromatic rings. The summed E-state index contributed by atoms with van der Waals surface area (Å²) < 4.78 is 28.7. The van der Waals surface area contributed by atoms with Crippen molar-refractivity contribution in [2.75, 3.05) is 11.1 Å². The molecule has 4 rings (SSSR count). The number of H-pyrrole nitrogens is 2. The minimum atomic E-state index is -0.879. The van der Waals surface area contributed by atoms with Gasteiger partial charge in [0.05, 0.1) is 17.1 Å². The van der Waals surface area contributed by atoms with Gasteiger partial charge in [-0.25, -0.2) is 13.6 Å². The molecule has 2 heterocycles. The van der Waals surface area contributed by atoms with Crippen LogP contribution in [0.25, 0.3) is 5.69 Å². The zero-order chi connectivity index (χ0) is 25.1. The number of aryl methyl sites for hydroxylation is 2. The Balaban J connectivity index is 1.63. The maximum atomic E-state index is 13.9. The van der Waals surface area contributed by atoms with Gasteiger partial charge in [-0.05, 0) is 43.2 Å². The number of carbonyl (C=O) groups is 1. The minimum Gasteiger partial charge on any atom is -0.323 e. The Kier molecular flexibility index (Phi) is 6.92. The first kappa shape index (κ1) is 24.1. The molecule has 0 atom stereocenters. The summed E-state index contributed by atoms with van der Waals surface area (Å²) in [4.78, 5) is 40.5.